The van der Waals surface area contributed by atoms with Crippen molar-refractivity contribution in [2.24, 2.45) is 0 Å². The van der Waals surface area contributed by atoms with Crippen molar-refractivity contribution >= 4 is 36.1 Å². The molecule has 5 unspecified atom stereocenters. The molecule has 2 aromatic heterocycles. The molecule has 0 radical (unpaired) electrons. The number of H-pyrrole nitrogens is 1. The number of hydrogen-bond acceptors (Lipinski definition) is 10. The molecule has 5 atom stereocenters. The van der Waals surface area contributed by atoms with Crippen LogP contribution >= 0.6 is 7.15 Å². The van der Waals surface area contributed by atoms with Gasteiger partial charge >= 0.3 is 7.15 Å². The standard InChI is InChI=1S/C17H18N5O6PS/c1-17(25)12(23)10(7-26-29(30)28-9-5-3-2-4-6-9)27-15(17)22-8-19-11-13(22)20-16(18)21-14(11)24/h2-6,8,10,12,15,23,25H,7H2,1H3,(H2-,18,20,21,24)/p+1. The summed E-state index contributed by atoms with van der Waals surface area (Å²) in [6.45, 7) is 1.29. The predicted octanol–water partition coefficient (Wildman–Crippen LogP) is 0.580. The van der Waals surface area contributed by atoms with Gasteiger partial charge in [-0.2, -0.15) is 4.98 Å². The molecule has 30 heavy (non-hydrogen) atoms. The number of benzene rings is 1. The lowest BCUT2D eigenvalue weighted by molar-refractivity contribution is -0.0947. The molecule has 1 saturated heterocycles. The van der Waals surface area contributed by atoms with E-state index in [9.17, 15) is 15.0 Å². The first kappa shape index (κ1) is 20.8. The van der Waals surface area contributed by atoms with Crippen LogP contribution < -0.4 is 15.8 Å². The summed E-state index contributed by atoms with van der Waals surface area (Å²) in [6, 6.07) is 8.95. The second-order valence-electron chi connectivity index (χ2n) is 6.90. The van der Waals surface area contributed by atoms with E-state index in [1.54, 1.807) is 24.3 Å². The fourth-order valence-electron chi connectivity index (χ4n) is 3.22. The summed E-state index contributed by atoms with van der Waals surface area (Å²) in [6.07, 6.45) is -2.02. The molecule has 11 nitrogen and oxygen atoms in total. The van der Waals surface area contributed by atoms with Gasteiger partial charge in [-0.05, 0) is 19.1 Å². The van der Waals surface area contributed by atoms with Crippen LogP contribution in [0.5, 0.6) is 5.75 Å². The zero-order chi connectivity index (χ0) is 21.5. The highest BCUT2D eigenvalue weighted by molar-refractivity contribution is 8.00. The molecule has 0 bridgehead atoms. The fraction of sp³-hybridized carbons (Fsp3) is 0.353. The number of imidazole rings is 1. The molecule has 158 valence electrons. The minimum Gasteiger partial charge on any atom is -0.387 e. The lowest BCUT2D eigenvalue weighted by Crippen LogP contribution is -2.44. The van der Waals surface area contributed by atoms with E-state index in [2.05, 4.69) is 15.0 Å². The zero-order valence-corrected chi connectivity index (χ0v) is 17.4. The minimum absolute atomic E-state index is 0.0307. The number of nitrogen functional groups attached to an aromatic ring is 1. The van der Waals surface area contributed by atoms with E-state index in [0.717, 1.165) is 0 Å². The highest BCUT2D eigenvalue weighted by Crippen LogP contribution is 2.40. The molecule has 3 aromatic rings. The van der Waals surface area contributed by atoms with E-state index in [1.807, 2.05) is 6.07 Å². The van der Waals surface area contributed by atoms with Crippen LogP contribution in [0.4, 0.5) is 5.95 Å². The van der Waals surface area contributed by atoms with Gasteiger partial charge in [-0.25, -0.2) is 4.98 Å². The van der Waals surface area contributed by atoms with Crippen LogP contribution in [0.15, 0.2) is 41.5 Å². The Morgan fingerprint density at radius 2 is 2.17 bits per heavy atom. The van der Waals surface area contributed by atoms with Crippen molar-refractivity contribution in [2.75, 3.05) is 12.3 Å². The minimum atomic E-state index is -1.73. The molecule has 3 heterocycles. The molecule has 0 amide bonds. The number of rotatable bonds is 6. The quantitative estimate of drug-likeness (QED) is 0.390. The summed E-state index contributed by atoms with van der Waals surface area (Å²) >= 11 is 5.19. The fourth-order valence-corrected chi connectivity index (χ4v) is 4.28. The number of ether oxygens (including phenoxy) is 1. The average Bonchev–Trinajstić information content (AvgIpc) is 3.20. The van der Waals surface area contributed by atoms with Gasteiger partial charge in [0.2, 0.25) is 17.8 Å². The number of aliphatic hydroxyl groups excluding tert-OH is 1. The van der Waals surface area contributed by atoms with E-state index in [-0.39, 0.29) is 23.7 Å². The number of nitrogens with zero attached hydrogens (tertiary/aromatic N) is 3. The van der Waals surface area contributed by atoms with Crippen molar-refractivity contribution in [2.45, 2.75) is 31.0 Å². The molecular formula is C17H19N5O6PS+. The van der Waals surface area contributed by atoms with Crippen molar-refractivity contribution in [3.05, 3.63) is 47.0 Å². The third-order valence-electron chi connectivity index (χ3n) is 4.73. The predicted molar refractivity (Wildman–Crippen MR) is 110 cm³/mol. The zero-order valence-electron chi connectivity index (χ0n) is 15.7. The monoisotopic (exact) mass is 452 g/mol. The average molecular weight is 452 g/mol. The van der Waals surface area contributed by atoms with Crippen molar-refractivity contribution in [3.8, 4) is 5.75 Å². The van der Waals surface area contributed by atoms with Crippen LogP contribution in [-0.2, 0) is 21.1 Å². The number of anilines is 1. The second-order valence-corrected chi connectivity index (χ2v) is 8.68. The van der Waals surface area contributed by atoms with Crippen LogP contribution in [0.25, 0.3) is 11.2 Å². The summed E-state index contributed by atoms with van der Waals surface area (Å²) in [7, 11) is -1.70. The molecule has 4 rings (SSSR count). The first-order valence-electron chi connectivity index (χ1n) is 8.89. The van der Waals surface area contributed by atoms with Gasteiger partial charge in [-0.15, -0.1) is 4.52 Å². The lowest BCUT2D eigenvalue weighted by Gasteiger charge is -2.27. The molecule has 1 fully saturated rings. The Balaban J connectivity index is 1.51. The maximum absolute atomic E-state index is 12.0. The van der Waals surface area contributed by atoms with Gasteiger partial charge in [-0.3, -0.25) is 18.9 Å². The highest BCUT2D eigenvalue weighted by Gasteiger charge is 2.54. The number of hydrogen-bond donors (Lipinski definition) is 4. The lowest BCUT2D eigenvalue weighted by atomic mass is 9.96. The van der Waals surface area contributed by atoms with E-state index in [1.165, 1.54) is 17.8 Å². The van der Waals surface area contributed by atoms with Gasteiger partial charge in [0.05, 0.1) is 6.33 Å². The van der Waals surface area contributed by atoms with E-state index >= 15 is 0 Å². The molecule has 5 N–H and O–H groups in total. The molecule has 1 aliphatic rings. The molecule has 1 aliphatic heterocycles. The van der Waals surface area contributed by atoms with Gasteiger partial charge in [0.1, 0.15) is 24.4 Å². The first-order valence-corrected chi connectivity index (χ1v) is 11.1. The van der Waals surface area contributed by atoms with Gasteiger partial charge in [-0.1, -0.05) is 18.2 Å². The Labute approximate surface area is 176 Å². The SMILES string of the molecule is CC1(O)C(O)C(CO[P+](=S)Oc2ccccc2)OC1n1cnc2c(=O)[nH]c(N)nc21. The molecule has 13 heteroatoms. The Morgan fingerprint density at radius 3 is 2.90 bits per heavy atom. The molecular weight excluding hydrogens is 433 g/mol. The summed E-state index contributed by atoms with van der Waals surface area (Å²) in [5, 5.41) is 21.5. The van der Waals surface area contributed by atoms with Crippen LogP contribution in [0.3, 0.4) is 0 Å². The molecule has 0 aliphatic carbocycles. The topological polar surface area (TPSA) is 158 Å². The van der Waals surface area contributed by atoms with Gasteiger partial charge < -0.3 is 20.7 Å². The number of fused-ring (bicyclic) bond motifs is 1. The second kappa shape index (κ2) is 7.99. The number of aliphatic hydroxyl groups is 2. The number of aromatic nitrogens is 4. The Kier molecular flexibility index (Phi) is 5.53. The van der Waals surface area contributed by atoms with Crippen molar-refractivity contribution in [3.63, 3.8) is 0 Å². The molecule has 0 saturated carbocycles. The Hall–Kier alpha value is -2.47. The van der Waals surface area contributed by atoms with Gasteiger partial charge in [0.25, 0.3) is 5.56 Å². The Morgan fingerprint density at radius 1 is 1.43 bits per heavy atom. The van der Waals surface area contributed by atoms with Crippen LogP contribution in [-0.4, -0.2) is 54.1 Å². The van der Waals surface area contributed by atoms with Crippen LogP contribution in [0.2, 0.25) is 0 Å². The van der Waals surface area contributed by atoms with E-state index < -0.39 is 36.7 Å². The van der Waals surface area contributed by atoms with Crippen molar-refractivity contribution in [1.82, 2.24) is 19.5 Å². The van der Waals surface area contributed by atoms with E-state index in [4.69, 9.17) is 31.3 Å². The summed E-state index contributed by atoms with van der Waals surface area (Å²) in [5.74, 6) is 0.456. The summed E-state index contributed by atoms with van der Waals surface area (Å²) < 4.78 is 18.2. The number of nitrogens with one attached hydrogen (secondary N) is 1. The Bertz CT molecular complexity index is 1140. The van der Waals surface area contributed by atoms with Gasteiger partial charge in [0.15, 0.2) is 23.1 Å². The van der Waals surface area contributed by atoms with Crippen molar-refractivity contribution in [1.29, 1.82) is 0 Å². The van der Waals surface area contributed by atoms with Crippen LogP contribution in [0, 0.1) is 0 Å². The molecule has 1 aromatic carbocycles. The smallest absolute Gasteiger partial charge is 0.387 e. The highest BCUT2D eigenvalue weighted by atomic mass is 32.4. The first-order chi connectivity index (χ1) is 14.3. The third-order valence-corrected chi connectivity index (χ3v) is 5.98. The number of aromatic amines is 1. The van der Waals surface area contributed by atoms with Crippen molar-refractivity contribution < 1.29 is 24.0 Å². The summed E-state index contributed by atoms with van der Waals surface area (Å²) in [4.78, 5) is 22.4. The molecule has 0 spiro atoms. The number of nitrogens with two attached hydrogens (primary N) is 1. The maximum atomic E-state index is 12.0. The number of para-hydroxylation sites is 1. The van der Waals surface area contributed by atoms with Gasteiger partial charge in [0, 0.05) is 0 Å². The van der Waals surface area contributed by atoms with E-state index in [0.29, 0.717) is 5.75 Å². The third kappa shape index (κ3) is 3.81. The summed E-state index contributed by atoms with van der Waals surface area (Å²) in [5.41, 5.74) is 3.51. The van der Waals surface area contributed by atoms with Crippen LogP contribution in [0.1, 0.15) is 13.2 Å². The normalized spacial score (nSPS) is 26.8. The largest absolute Gasteiger partial charge is 0.573 e. The maximum Gasteiger partial charge on any atom is 0.573 e.